The quantitative estimate of drug-likeness (QED) is 0.832. The van der Waals surface area contributed by atoms with Crippen molar-refractivity contribution in [2.75, 3.05) is 24.3 Å². The van der Waals surface area contributed by atoms with Crippen LogP contribution in [0.25, 0.3) is 0 Å². The normalized spacial score (nSPS) is 10.6. The van der Waals surface area contributed by atoms with Gasteiger partial charge in [0.05, 0.1) is 12.8 Å². The lowest BCUT2D eigenvalue weighted by Crippen LogP contribution is -2.32. The van der Waals surface area contributed by atoms with E-state index in [2.05, 4.69) is 30.7 Å². The van der Waals surface area contributed by atoms with Gasteiger partial charge in [0.25, 0.3) is 0 Å². The highest BCUT2D eigenvalue weighted by molar-refractivity contribution is 5.64. The average molecular weight is 223 g/mol. The van der Waals surface area contributed by atoms with Crippen LogP contribution >= 0.6 is 0 Å². The number of ether oxygens (including phenoxy) is 1. The summed E-state index contributed by atoms with van der Waals surface area (Å²) in [6.07, 6.45) is 1.07. The van der Waals surface area contributed by atoms with E-state index >= 15 is 0 Å². The molecule has 1 aromatic rings. The fourth-order valence-corrected chi connectivity index (χ4v) is 1.64. The van der Waals surface area contributed by atoms with Gasteiger partial charge in [0.15, 0.2) is 5.82 Å². The molecule has 90 valence electrons. The van der Waals surface area contributed by atoms with Crippen LogP contribution in [0.1, 0.15) is 27.2 Å². The first-order valence-corrected chi connectivity index (χ1v) is 5.67. The maximum Gasteiger partial charge on any atom is 0.215 e. The van der Waals surface area contributed by atoms with E-state index in [1.165, 1.54) is 0 Å². The van der Waals surface area contributed by atoms with Crippen molar-refractivity contribution in [2.24, 2.45) is 0 Å². The number of hydrogen-bond donors (Lipinski definition) is 1. The van der Waals surface area contributed by atoms with Crippen molar-refractivity contribution in [1.82, 2.24) is 4.98 Å². The topological polar surface area (TPSA) is 51.4 Å². The molecule has 2 N–H and O–H groups in total. The molecule has 0 aliphatic rings. The molecule has 0 fully saturated rings. The fourth-order valence-electron chi connectivity index (χ4n) is 1.64. The third-order valence-corrected chi connectivity index (χ3v) is 2.45. The number of pyridine rings is 1. The summed E-state index contributed by atoms with van der Waals surface area (Å²) in [5.41, 5.74) is 6.65. The molecule has 0 saturated carbocycles. The SMILES string of the molecule is CCCN(c1nc(OC)ccc1N)C(C)C. The zero-order valence-electron chi connectivity index (χ0n) is 10.5. The highest BCUT2D eigenvalue weighted by atomic mass is 16.5. The summed E-state index contributed by atoms with van der Waals surface area (Å²) in [5.74, 6) is 1.42. The van der Waals surface area contributed by atoms with Crippen molar-refractivity contribution in [2.45, 2.75) is 33.2 Å². The second-order valence-electron chi connectivity index (χ2n) is 4.05. The third-order valence-electron chi connectivity index (χ3n) is 2.45. The standard InChI is InChI=1S/C12H21N3O/c1-5-8-15(9(2)3)12-10(13)6-7-11(14-12)16-4/h6-7,9H,5,8,13H2,1-4H3. The minimum Gasteiger partial charge on any atom is -0.481 e. The van der Waals surface area contributed by atoms with Crippen molar-refractivity contribution in [3.63, 3.8) is 0 Å². The molecule has 4 heteroatoms. The highest BCUT2D eigenvalue weighted by Gasteiger charge is 2.14. The van der Waals surface area contributed by atoms with E-state index in [9.17, 15) is 0 Å². The van der Waals surface area contributed by atoms with E-state index in [0.29, 0.717) is 17.6 Å². The molecule has 0 aliphatic carbocycles. The Balaban J connectivity index is 3.06. The van der Waals surface area contributed by atoms with Gasteiger partial charge >= 0.3 is 0 Å². The lowest BCUT2D eigenvalue weighted by molar-refractivity contribution is 0.397. The number of nitrogen functional groups attached to an aromatic ring is 1. The molecule has 0 saturated heterocycles. The van der Waals surface area contributed by atoms with Crippen molar-refractivity contribution >= 4 is 11.5 Å². The number of aromatic nitrogens is 1. The number of hydrogen-bond acceptors (Lipinski definition) is 4. The Kier molecular flexibility index (Phi) is 4.40. The minimum absolute atomic E-state index is 0.377. The van der Waals surface area contributed by atoms with Gasteiger partial charge in [-0.15, -0.1) is 0 Å². The first kappa shape index (κ1) is 12.6. The monoisotopic (exact) mass is 223 g/mol. The van der Waals surface area contributed by atoms with E-state index in [0.717, 1.165) is 18.8 Å². The van der Waals surface area contributed by atoms with Crippen molar-refractivity contribution in [3.8, 4) is 5.88 Å². The molecule has 0 aliphatic heterocycles. The number of nitrogens with zero attached hydrogens (tertiary/aromatic N) is 2. The molecule has 1 heterocycles. The number of methoxy groups -OCH3 is 1. The summed E-state index contributed by atoms with van der Waals surface area (Å²) < 4.78 is 5.12. The van der Waals surface area contributed by atoms with E-state index in [1.807, 2.05) is 6.07 Å². The highest BCUT2D eigenvalue weighted by Crippen LogP contribution is 2.25. The molecule has 4 nitrogen and oxygen atoms in total. The van der Waals surface area contributed by atoms with Gasteiger partial charge in [0.2, 0.25) is 5.88 Å². The molecule has 1 rings (SSSR count). The van der Waals surface area contributed by atoms with E-state index in [4.69, 9.17) is 10.5 Å². The molecule has 0 spiro atoms. The Hall–Kier alpha value is -1.45. The minimum atomic E-state index is 0.377. The van der Waals surface area contributed by atoms with Crippen LogP contribution in [-0.2, 0) is 0 Å². The van der Waals surface area contributed by atoms with Crippen LogP contribution in [0.2, 0.25) is 0 Å². The molecule has 0 atom stereocenters. The van der Waals surface area contributed by atoms with Crippen LogP contribution < -0.4 is 15.4 Å². The summed E-state index contributed by atoms with van der Waals surface area (Å²) in [6, 6.07) is 4.00. The van der Waals surface area contributed by atoms with E-state index < -0.39 is 0 Å². The van der Waals surface area contributed by atoms with Crippen molar-refractivity contribution < 1.29 is 4.74 Å². The van der Waals surface area contributed by atoms with Gasteiger partial charge in [-0.25, -0.2) is 0 Å². The number of rotatable bonds is 5. The van der Waals surface area contributed by atoms with Crippen LogP contribution in [0.5, 0.6) is 5.88 Å². The van der Waals surface area contributed by atoms with Crippen molar-refractivity contribution in [1.29, 1.82) is 0 Å². The third kappa shape index (κ3) is 2.78. The average Bonchev–Trinajstić information content (AvgIpc) is 2.27. The predicted octanol–water partition coefficient (Wildman–Crippen LogP) is 2.30. The zero-order chi connectivity index (χ0) is 12.1. The predicted molar refractivity (Wildman–Crippen MR) is 68.0 cm³/mol. The lowest BCUT2D eigenvalue weighted by atomic mass is 10.2. The van der Waals surface area contributed by atoms with E-state index in [-0.39, 0.29) is 0 Å². The Bertz CT molecular complexity index is 339. The van der Waals surface area contributed by atoms with Gasteiger partial charge in [-0.2, -0.15) is 4.98 Å². The van der Waals surface area contributed by atoms with Crippen LogP contribution in [0.15, 0.2) is 12.1 Å². The fraction of sp³-hybridized carbons (Fsp3) is 0.583. The second-order valence-corrected chi connectivity index (χ2v) is 4.05. The summed E-state index contributed by atoms with van der Waals surface area (Å²) in [6.45, 7) is 7.36. The number of nitrogens with two attached hydrogens (primary N) is 1. The van der Waals surface area contributed by atoms with Crippen LogP contribution in [0, 0.1) is 0 Å². The summed E-state index contributed by atoms with van der Waals surface area (Å²) in [4.78, 5) is 6.60. The largest absolute Gasteiger partial charge is 0.481 e. The summed E-state index contributed by atoms with van der Waals surface area (Å²) in [7, 11) is 1.61. The molecule has 0 radical (unpaired) electrons. The zero-order valence-corrected chi connectivity index (χ0v) is 10.5. The van der Waals surface area contributed by atoms with Crippen LogP contribution in [0.4, 0.5) is 11.5 Å². The van der Waals surface area contributed by atoms with Gasteiger partial charge in [0, 0.05) is 18.7 Å². The van der Waals surface area contributed by atoms with Crippen molar-refractivity contribution in [3.05, 3.63) is 12.1 Å². The molecule has 0 aromatic carbocycles. The van der Waals surface area contributed by atoms with Crippen LogP contribution in [0.3, 0.4) is 0 Å². The maximum atomic E-state index is 5.95. The Morgan fingerprint density at radius 2 is 2.12 bits per heavy atom. The smallest absolute Gasteiger partial charge is 0.215 e. The van der Waals surface area contributed by atoms with E-state index in [1.54, 1.807) is 13.2 Å². The Morgan fingerprint density at radius 1 is 1.44 bits per heavy atom. The van der Waals surface area contributed by atoms with Gasteiger partial charge in [-0.05, 0) is 26.3 Å². The Morgan fingerprint density at radius 3 is 2.62 bits per heavy atom. The molecular formula is C12H21N3O. The molecule has 16 heavy (non-hydrogen) atoms. The Labute approximate surface area is 97.4 Å². The number of anilines is 2. The molecule has 0 bridgehead atoms. The molecular weight excluding hydrogens is 202 g/mol. The van der Waals surface area contributed by atoms with Gasteiger partial charge in [0.1, 0.15) is 0 Å². The first-order chi connectivity index (χ1) is 7.60. The van der Waals surface area contributed by atoms with Gasteiger partial charge < -0.3 is 15.4 Å². The lowest BCUT2D eigenvalue weighted by Gasteiger charge is -2.28. The summed E-state index contributed by atoms with van der Waals surface area (Å²) in [5, 5.41) is 0. The van der Waals surface area contributed by atoms with Gasteiger partial charge in [-0.1, -0.05) is 6.92 Å². The molecule has 1 aromatic heterocycles. The van der Waals surface area contributed by atoms with Crippen LogP contribution in [-0.4, -0.2) is 24.7 Å². The second kappa shape index (κ2) is 5.58. The molecule has 0 unspecified atom stereocenters. The molecule has 0 amide bonds. The maximum absolute atomic E-state index is 5.95. The van der Waals surface area contributed by atoms with Gasteiger partial charge in [-0.3, -0.25) is 0 Å². The summed E-state index contributed by atoms with van der Waals surface area (Å²) >= 11 is 0. The first-order valence-electron chi connectivity index (χ1n) is 5.67.